The average Bonchev–Trinajstić information content (AvgIpc) is 3.42. The van der Waals surface area contributed by atoms with E-state index in [-0.39, 0.29) is 17.9 Å². The third-order valence-electron chi connectivity index (χ3n) is 4.75. The summed E-state index contributed by atoms with van der Waals surface area (Å²) in [6, 6.07) is 5.70. The molecule has 132 valence electrons. The Balaban J connectivity index is 1.50. The number of thiophene rings is 1. The van der Waals surface area contributed by atoms with Gasteiger partial charge in [0.05, 0.1) is 22.7 Å². The highest BCUT2D eigenvalue weighted by atomic mass is 32.2. The van der Waals surface area contributed by atoms with E-state index >= 15 is 0 Å². The predicted octanol–water partition coefficient (Wildman–Crippen LogP) is 3.51. The van der Waals surface area contributed by atoms with E-state index in [4.69, 9.17) is 4.42 Å². The predicted molar refractivity (Wildman–Crippen MR) is 99.3 cm³/mol. The minimum atomic E-state index is 0.00517. The van der Waals surface area contributed by atoms with Gasteiger partial charge >= 0.3 is 0 Å². The van der Waals surface area contributed by atoms with Crippen molar-refractivity contribution in [1.82, 2.24) is 9.80 Å². The van der Waals surface area contributed by atoms with E-state index in [1.807, 2.05) is 33.7 Å². The van der Waals surface area contributed by atoms with Gasteiger partial charge in [-0.3, -0.25) is 9.59 Å². The lowest BCUT2D eigenvalue weighted by atomic mass is 10.1. The van der Waals surface area contributed by atoms with Gasteiger partial charge in [-0.2, -0.15) is 11.8 Å². The number of rotatable bonds is 3. The highest BCUT2D eigenvalue weighted by Gasteiger charge is 2.32. The second-order valence-electron chi connectivity index (χ2n) is 6.28. The fourth-order valence-corrected chi connectivity index (χ4v) is 5.45. The lowest BCUT2D eigenvalue weighted by molar-refractivity contribution is 0.0736. The molecule has 0 aliphatic carbocycles. The van der Waals surface area contributed by atoms with Crippen molar-refractivity contribution in [2.45, 2.75) is 18.9 Å². The largest absolute Gasteiger partial charge is 0.472 e. The lowest BCUT2D eigenvalue weighted by Crippen LogP contribution is -2.37. The van der Waals surface area contributed by atoms with Crippen LogP contribution in [-0.2, 0) is 0 Å². The van der Waals surface area contributed by atoms with E-state index < -0.39 is 0 Å². The molecule has 4 rings (SSSR count). The number of furan rings is 1. The maximum absolute atomic E-state index is 12.7. The van der Waals surface area contributed by atoms with Gasteiger partial charge in [0.2, 0.25) is 0 Å². The molecule has 0 aromatic carbocycles. The van der Waals surface area contributed by atoms with Crippen molar-refractivity contribution in [1.29, 1.82) is 0 Å². The fourth-order valence-electron chi connectivity index (χ4n) is 3.43. The van der Waals surface area contributed by atoms with Crippen molar-refractivity contribution in [2.24, 2.45) is 0 Å². The molecule has 0 bridgehead atoms. The Morgan fingerprint density at radius 2 is 1.92 bits per heavy atom. The molecule has 0 unspecified atom stereocenters. The third-order valence-corrected chi connectivity index (χ3v) is 6.86. The number of hydrogen-bond acceptors (Lipinski definition) is 5. The van der Waals surface area contributed by atoms with E-state index in [1.165, 1.54) is 23.9 Å². The van der Waals surface area contributed by atoms with E-state index in [0.29, 0.717) is 5.56 Å². The van der Waals surface area contributed by atoms with E-state index in [0.717, 1.165) is 53.7 Å². The smallest absolute Gasteiger partial charge is 0.263 e. The van der Waals surface area contributed by atoms with Crippen LogP contribution >= 0.6 is 23.1 Å². The highest BCUT2D eigenvalue weighted by Crippen LogP contribution is 2.37. The van der Waals surface area contributed by atoms with Gasteiger partial charge in [-0.25, -0.2) is 0 Å². The van der Waals surface area contributed by atoms with Crippen LogP contribution in [0.25, 0.3) is 0 Å². The number of amides is 2. The van der Waals surface area contributed by atoms with Crippen LogP contribution in [0, 0.1) is 0 Å². The zero-order chi connectivity index (χ0) is 17.2. The van der Waals surface area contributed by atoms with Crippen LogP contribution in [0.15, 0.2) is 35.1 Å². The Labute approximate surface area is 155 Å². The third kappa shape index (κ3) is 3.35. The molecule has 7 heteroatoms. The topological polar surface area (TPSA) is 53.8 Å². The molecule has 2 aliphatic rings. The van der Waals surface area contributed by atoms with Gasteiger partial charge in [0.1, 0.15) is 6.26 Å². The Morgan fingerprint density at radius 3 is 2.68 bits per heavy atom. The number of likely N-dealkylation sites (tertiary alicyclic amines) is 1. The first-order valence-corrected chi connectivity index (χ1v) is 10.5. The van der Waals surface area contributed by atoms with Gasteiger partial charge in [-0.1, -0.05) is 0 Å². The maximum atomic E-state index is 12.7. The Bertz CT molecular complexity index is 750. The van der Waals surface area contributed by atoms with Crippen LogP contribution in [0.5, 0.6) is 0 Å². The van der Waals surface area contributed by atoms with Crippen molar-refractivity contribution in [3.8, 4) is 0 Å². The van der Waals surface area contributed by atoms with Crippen LogP contribution in [-0.4, -0.2) is 52.8 Å². The zero-order valence-corrected chi connectivity index (χ0v) is 15.5. The summed E-state index contributed by atoms with van der Waals surface area (Å²) < 4.78 is 5.04. The molecule has 4 heterocycles. The quantitative estimate of drug-likeness (QED) is 0.823. The van der Waals surface area contributed by atoms with Crippen molar-refractivity contribution < 1.29 is 14.0 Å². The van der Waals surface area contributed by atoms with Gasteiger partial charge in [-0.05, 0) is 31.0 Å². The number of thioether (sulfide) groups is 1. The number of nitrogens with zero attached hydrogens (tertiary/aromatic N) is 2. The molecule has 2 amide bonds. The summed E-state index contributed by atoms with van der Waals surface area (Å²) >= 11 is 3.43. The molecule has 2 aliphatic heterocycles. The molecule has 1 atom stereocenters. The first kappa shape index (κ1) is 16.7. The van der Waals surface area contributed by atoms with Gasteiger partial charge < -0.3 is 14.2 Å². The average molecular weight is 377 g/mol. The normalized spacial score (nSPS) is 20.9. The summed E-state index contributed by atoms with van der Waals surface area (Å²) in [5.41, 5.74) is 0.588. The first-order valence-electron chi connectivity index (χ1n) is 8.54. The molecule has 2 aromatic heterocycles. The maximum Gasteiger partial charge on any atom is 0.263 e. The minimum absolute atomic E-state index is 0.00517. The molecule has 0 spiro atoms. The first-order chi connectivity index (χ1) is 12.2. The molecule has 2 aromatic rings. The summed E-state index contributed by atoms with van der Waals surface area (Å²) in [5.74, 6) is 2.16. The van der Waals surface area contributed by atoms with Gasteiger partial charge in [0.25, 0.3) is 11.8 Å². The van der Waals surface area contributed by atoms with Crippen molar-refractivity contribution in [3.63, 3.8) is 0 Å². The van der Waals surface area contributed by atoms with Crippen molar-refractivity contribution in [3.05, 3.63) is 46.0 Å². The van der Waals surface area contributed by atoms with Crippen LogP contribution in [0.4, 0.5) is 0 Å². The Kier molecular flexibility index (Phi) is 4.85. The minimum Gasteiger partial charge on any atom is -0.472 e. The fraction of sp³-hybridized carbons (Fsp3) is 0.444. The number of carbonyl (C=O) groups excluding carboxylic acids is 2. The second-order valence-corrected chi connectivity index (χ2v) is 8.62. The van der Waals surface area contributed by atoms with Crippen molar-refractivity contribution >= 4 is 34.9 Å². The number of carbonyl (C=O) groups is 2. The summed E-state index contributed by atoms with van der Waals surface area (Å²) in [4.78, 5) is 31.1. The standard InChI is InChI=1S/C18H20N2O3S2/c21-17(13-5-9-23-12-13)20-6-1-2-14(20)15-3-4-16(25-15)18(22)19-7-10-24-11-8-19/h3-5,9,12,14H,1-2,6-8,10-11H2/t14-/m1/s1. The van der Waals surface area contributed by atoms with Crippen molar-refractivity contribution in [2.75, 3.05) is 31.1 Å². The van der Waals surface area contributed by atoms with Crippen LogP contribution in [0.3, 0.4) is 0 Å². The van der Waals surface area contributed by atoms with Gasteiger partial charge in [0, 0.05) is 36.0 Å². The molecular formula is C18H20N2O3S2. The summed E-state index contributed by atoms with van der Waals surface area (Å²) in [5, 5.41) is 0. The molecule has 2 fully saturated rings. The molecule has 0 radical (unpaired) electrons. The Hall–Kier alpha value is -1.73. The van der Waals surface area contributed by atoms with Crippen LogP contribution < -0.4 is 0 Å². The zero-order valence-electron chi connectivity index (χ0n) is 13.8. The second kappa shape index (κ2) is 7.25. The monoisotopic (exact) mass is 376 g/mol. The van der Waals surface area contributed by atoms with E-state index in [9.17, 15) is 9.59 Å². The molecule has 25 heavy (non-hydrogen) atoms. The number of hydrogen-bond donors (Lipinski definition) is 0. The van der Waals surface area contributed by atoms with E-state index in [2.05, 4.69) is 0 Å². The molecular weight excluding hydrogens is 356 g/mol. The lowest BCUT2D eigenvalue weighted by Gasteiger charge is -2.26. The molecule has 2 saturated heterocycles. The van der Waals surface area contributed by atoms with Gasteiger partial charge in [0.15, 0.2) is 0 Å². The SMILES string of the molecule is O=C(c1ccc([C@H]2CCCN2C(=O)c2ccoc2)s1)N1CCSCC1. The molecule has 0 N–H and O–H groups in total. The highest BCUT2D eigenvalue weighted by molar-refractivity contribution is 7.99. The van der Waals surface area contributed by atoms with Gasteiger partial charge in [-0.15, -0.1) is 11.3 Å². The van der Waals surface area contributed by atoms with Crippen LogP contribution in [0.2, 0.25) is 0 Å². The summed E-state index contributed by atoms with van der Waals surface area (Å²) in [7, 11) is 0. The Morgan fingerprint density at radius 1 is 1.08 bits per heavy atom. The van der Waals surface area contributed by atoms with Crippen LogP contribution in [0.1, 0.15) is 43.8 Å². The van der Waals surface area contributed by atoms with E-state index in [1.54, 1.807) is 6.07 Å². The summed E-state index contributed by atoms with van der Waals surface area (Å²) in [6.07, 6.45) is 4.95. The molecule has 0 saturated carbocycles. The summed E-state index contributed by atoms with van der Waals surface area (Å²) in [6.45, 7) is 2.40. The molecule has 5 nitrogen and oxygen atoms in total.